The smallest absolute Gasteiger partial charge is 0.235 e. The summed E-state index contributed by atoms with van der Waals surface area (Å²) in [6, 6.07) is 65.9. The van der Waals surface area contributed by atoms with Gasteiger partial charge < -0.3 is 4.40 Å². The molecular weight excluding hydrogens is 681 g/mol. The lowest BCUT2D eigenvalue weighted by Crippen LogP contribution is -2.04. The van der Waals surface area contributed by atoms with E-state index in [1.807, 2.05) is 0 Å². The molecule has 0 saturated carbocycles. The molecule has 0 saturated heterocycles. The van der Waals surface area contributed by atoms with E-state index in [0.717, 1.165) is 33.5 Å². The van der Waals surface area contributed by atoms with Gasteiger partial charge in [0.25, 0.3) is 0 Å². The number of nitrogens with zero attached hydrogens (tertiary/aromatic N) is 4. The zero-order valence-corrected chi connectivity index (χ0v) is 30.1. The quantitative estimate of drug-likeness (QED) is 0.183. The van der Waals surface area contributed by atoms with Gasteiger partial charge in [-0.15, -0.1) is 0 Å². The Hall–Kier alpha value is -7.56. The molecular formula is C52H30N4. The van der Waals surface area contributed by atoms with Gasteiger partial charge in [-0.2, -0.15) is 0 Å². The van der Waals surface area contributed by atoms with Crippen LogP contribution in [0, 0.1) is 0 Å². The zero-order valence-electron chi connectivity index (χ0n) is 30.1. The summed E-state index contributed by atoms with van der Waals surface area (Å²) in [4.78, 5) is 10.9. The minimum atomic E-state index is 0.647. The van der Waals surface area contributed by atoms with E-state index in [0.29, 0.717) is 5.95 Å². The van der Waals surface area contributed by atoms with E-state index in [1.165, 1.54) is 81.2 Å². The average Bonchev–Trinajstić information content (AvgIpc) is 3.90. The Kier molecular flexibility index (Phi) is 5.86. The van der Waals surface area contributed by atoms with Crippen molar-refractivity contribution in [1.82, 2.24) is 18.9 Å². The predicted octanol–water partition coefficient (Wildman–Crippen LogP) is 13.5. The summed E-state index contributed by atoms with van der Waals surface area (Å²) >= 11 is 0. The van der Waals surface area contributed by atoms with Crippen LogP contribution in [-0.4, -0.2) is 18.9 Å². The van der Waals surface area contributed by atoms with Gasteiger partial charge in [-0.1, -0.05) is 140 Å². The van der Waals surface area contributed by atoms with Crippen LogP contribution in [0.4, 0.5) is 0 Å². The predicted molar refractivity (Wildman–Crippen MR) is 234 cm³/mol. The van der Waals surface area contributed by atoms with Crippen LogP contribution in [0.15, 0.2) is 182 Å². The van der Waals surface area contributed by atoms with Gasteiger partial charge in [0.2, 0.25) is 5.95 Å². The van der Waals surface area contributed by atoms with E-state index in [2.05, 4.69) is 191 Å². The first-order chi connectivity index (χ1) is 27.7. The first-order valence-electron chi connectivity index (χ1n) is 19.2. The molecule has 0 fully saturated rings. The molecule has 258 valence electrons. The Bertz CT molecular complexity index is 3680. The summed E-state index contributed by atoms with van der Waals surface area (Å²) in [5.74, 6) is 0.647. The second-order valence-corrected chi connectivity index (χ2v) is 15.0. The van der Waals surface area contributed by atoms with Crippen molar-refractivity contribution in [2.75, 3.05) is 0 Å². The van der Waals surface area contributed by atoms with E-state index in [4.69, 9.17) is 9.97 Å². The highest BCUT2D eigenvalue weighted by Crippen LogP contribution is 2.43. The third kappa shape index (κ3) is 4.07. The molecule has 4 nitrogen and oxygen atoms in total. The summed E-state index contributed by atoms with van der Waals surface area (Å²) in [7, 11) is 0. The van der Waals surface area contributed by atoms with E-state index < -0.39 is 0 Å². The molecule has 0 amide bonds. The molecule has 9 aromatic carbocycles. The van der Waals surface area contributed by atoms with Gasteiger partial charge in [-0.05, 0) is 69.4 Å². The first kappa shape index (κ1) is 29.8. The maximum atomic E-state index is 5.44. The normalized spacial score (nSPS) is 12.3. The molecule has 4 heterocycles. The second-order valence-electron chi connectivity index (χ2n) is 15.0. The highest BCUT2D eigenvalue weighted by Gasteiger charge is 2.22. The van der Waals surface area contributed by atoms with Crippen LogP contribution in [0.2, 0.25) is 0 Å². The van der Waals surface area contributed by atoms with Crippen molar-refractivity contribution < 1.29 is 0 Å². The average molecular weight is 711 g/mol. The molecule has 0 unspecified atom stereocenters. The summed E-state index contributed by atoms with van der Waals surface area (Å²) in [5, 5.41) is 14.7. The molecule has 0 aliphatic rings. The topological polar surface area (TPSA) is 35.1 Å². The number of rotatable bonds is 3. The van der Waals surface area contributed by atoms with E-state index >= 15 is 0 Å². The fourth-order valence-electron chi connectivity index (χ4n) is 9.44. The Morgan fingerprint density at radius 3 is 1.52 bits per heavy atom. The Morgan fingerprint density at radius 2 is 0.821 bits per heavy atom. The lowest BCUT2D eigenvalue weighted by Gasteiger charge is -2.13. The Labute approximate surface area is 320 Å². The van der Waals surface area contributed by atoms with Gasteiger partial charge in [-0.3, -0.25) is 4.57 Å². The lowest BCUT2D eigenvalue weighted by molar-refractivity contribution is 0.996. The van der Waals surface area contributed by atoms with Gasteiger partial charge in [0.15, 0.2) is 0 Å². The van der Waals surface area contributed by atoms with Crippen molar-refractivity contribution in [3.63, 3.8) is 0 Å². The van der Waals surface area contributed by atoms with E-state index in [-0.39, 0.29) is 0 Å². The standard InChI is InChI=1S/C52H30N4/c1-3-12-33-26-36(22-20-31(33)10-1)45-30-46(37-23-21-32-11-2-4-13-34(32)27-37)54-52(53-45)55-47-18-7-6-15-39(47)44-28-35-24-25-42-41-17-9-16-40-38-14-5-8-19-48(38)56(50(40)41)51(42)43(35)29-49(44)55/h1-30H. The molecule has 13 aromatic rings. The van der Waals surface area contributed by atoms with Crippen LogP contribution in [0.1, 0.15) is 0 Å². The molecule has 0 bridgehead atoms. The fraction of sp³-hybridized carbons (Fsp3) is 0. The van der Waals surface area contributed by atoms with Crippen molar-refractivity contribution in [2.45, 2.75) is 0 Å². The highest BCUT2D eigenvalue weighted by molar-refractivity contribution is 6.28. The summed E-state index contributed by atoms with van der Waals surface area (Å²) in [6.45, 7) is 0. The SMILES string of the molecule is c1ccc2cc(-c3cc(-c4ccc5ccccc5c4)nc(-n4c5ccccc5c5cc6ccc7c8cccc9c%10ccccc%10n(c7c6cc54)c98)n3)ccc2c1. The summed E-state index contributed by atoms with van der Waals surface area (Å²) in [6.07, 6.45) is 0. The summed E-state index contributed by atoms with van der Waals surface area (Å²) in [5.41, 5.74) is 9.77. The van der Waals surface area contributed by atoms with Crippen molar-refractivity contribution >= 4 is 92.2 Å². The fourth-order valence-corrected chi connectivity index (χ4v) is 9.44. The monoisotopic (exact) mass is 710 g/mol. The molecule has 4 heteroatoms. The number of para-hydroxylation sites is 3. The van der Waals surface area contributed by atoms with E-state index in [9.17, 15) is 0 Å². The molecule has 0 N–H and O–H groups in total. The third-order valence-corrected chi connectivity index (χ3v) is 12.0. The largest absolute Gasteiger partial charge is 0.307 e. The van der Waals surface area contributed by atoms with Crippen molar-refractivity contribution in [3.8, 4) is 28.5 Å². The minimum absolute atomic E-state index is 0.647. The van der Waals surface area contributed by atoms with Crippen LogP contribution in [0.5, 0.6) is 0 Å². The summed E-state index contributed by atoms with van der Waals surface area (Å²) < 4.78 is 4.77. The molecule has 0 aliphatic carbocycles. The number of hydrogen-bond acceptors (Lipinski definition) is 2. The maximum Gasteiger partial charge on any atom is 0.235 e. The minimum Gasteiger partial charge on any atom is -0.307 e. The first-order valence-corrected chi connectivity index (χ1v) is 19.2. The number of fused-ring (bicyclic) bond motifs is 13. The lowest BCUT2D eigenvalue weighted by atomic mass is 10.0. The van der Waals surface area contributed by atoms with Crippen molar-refractivity contribution in [1.29, 1.82) is 0 Å². The van der Waals surface area contributed by atoms with Crippen LogP contribution in [-0.2, 0) is 0 Å². The third-order valence-electron chi connectivity index (χ3n) is 12.0. The number of hydrogen-bond donors (Lipinski definition) is 0. The van der Waals surface area contributed by atoms with Gasteiger partial charge in [-0.25, -0.2) is 9.97 Å². The van der Waals surface area contributed by atoms with Gasteiger partial charge in [0.05, 0.1) is 39.0 Å². The molecule has 56 heavy (non-hydrogen) atoms. The Balaban J connectivity index is 1.15. The van der Waals surface area contributed by atoms with Crippen LogP contribution in [0.3, 0.4) is 0 Å². The maximum absolute atomic E-state index is 5.44. The number of benzene rings is 9. The van der Waals surface area contributed by atoms with Crippen LogP contribution >= 0.6 is 0 Å². The van der Waals surface area contributed by atoms with Crippen LogP contribution in [0.25, 0.3) is 121 Å². The molecule has 0 spiro atoms. The van der Waals surface area contributed by atoms with Gasteiger partial charge >= 0.3 is 0 Å². The molecule has 13 rings (SSSR count). The molecule has 4 aromatic heterocycles. The Morgan fingerprint density at radius 1 is 0.304 bits per heavy atom. The molecule has 0 aliphatic heterocycles. The highest BCUT2D eigenvalue weighted by atomic mass is 15.2. The van der Waals surface area contributed by atoms with Crippen LogP contribution < -0.4 is 0 Å². The second kappa shape index (κ2) is 11.0. The number of aromatic nitrogens is 4. The zero-order chi connectivity index (χ0) is 36.5. The van der Waals surface area contributed by atoms with Crippen molar-refractivity contribution in [3.05, 3.63) is 182 Å². The molecule has 0 atom stereocenters. The molecule has 0 radical (unpaired) electrons. The van der Waals surface area contributed by atoms with Crippen molar-refractivity contribution in [2.24, 2.45) is 0 Å². The van der Waals surface area contributed by atoms with Gasteiger partial charge in [0.1, 0.15) is 0 Å². The van der Waals surface area contributed by atoms with Gasteiger partial charge in [0, 0.05) is 48.8 Å². The van der Waals surface area contributed by atoms with E-state index in [1.54, 1.807) is 0 Å².